The molecule has 1 aliphatic heterocycles. The summed E-state index contributed by atoms with van der Waals surface area (Å²) >= 11 is 1.22. The lowest BCUT2D eigenvalue weighted by Crippen LogP contribution is -2.34. The topological polar surface area (TPSA) is 101 Å². The van der Waals surface area contributed by atoms with Gasteiger partial charge in [-0.3, -0.25) is 14.3 Å². The molecule has 1 aromatic heterocycles. The summed E-state index contributed by atoms with van der Waals surface area (Å²) in [5.74, 6) is 0.269. The number of hydrogen-bond donors (Lipinski definition) is 1. The smallest absolute Gasteiger partial charge is 0.296 e. The Labute approximate surface area is 188 Å². The number of amides is 1. The van der Waals surface area contributed by atoms with Crippen LogP contribution >= 0.6 is 11.8 Å². The highest BCUT2D eigenvalue weighted by Crippen LogP contribution is 2.28. The average Bonchev–Trinajstić information content (AvgIpc) is 3.25. The van der Waals surface area contributed by atoms with Gasteiger partial charge in [0.2, 0.25) is 5.91 Å². The Balaban J connectivity index is 1.71. The van der Waals surface area contributed by atoms with Gasteiger partial charge in [0.25, 0.3) is 5.56 Å². The number of phenols is 1. The van der Waals surface area contributed by atoms with Gasteiger partial charge in [0.15, 0.2) is 16.7 Å². The number of carbonyl (C=O) groups excluding carboxylic acids is 1. The van der Waals surface area contributed by atoms with Gasteiger partial charge in [0, 0.05) is 7.05 Å². The number of aromatic nitrogens is 2. The lowest BCUT2D eigenvalue weighted by atomic mass is 10.2. The summed E-state index contributed by atoms with van der Waals surface area (Å²) in [6.45, 7) is 1.79. The van der Waals surface area contributed by atoms with Gasteiger partial charge in [0.05, 0.1) is 30.5 Å². The SMILES string of the molecule is COc1cc(C=NN=C2SCC(=O)N2c2c(C)n(C)n(-c3ccccc3)c2=O)ccc1O. The van der Waals surface area contributed by atoms with Crippen molar-refractivity contribution in [3.8, 4) is 17.2 Å². The summed E-state index contributed by atoms with van der Waals surface area (Å²) in [6, 6.07) is 14.0. The highest BCUT2D eigenvalue weighted by Gasteiger charge is 2.35. The molecule has 0 unspecified atom stereocenters. The molecule has 0 bridgehead atoms. The lowest BCUT2D eigenvalue weighted by Gasteiger charge is -2.13. The highest BCUT2D eigenvalue weighted by molar-refractivity contribution is 8.15. The number of carbonyl (C=O) groups is 1. The van der Waals surface area contributed by atoms with E-state index in [1.54, 1.807) is 30.8 Å². The zero-order chi connectivity index (χ0) is 22.8. The van der Waals surface area contributed by atoms with Gasteiger partial charge in [-0.25, -0.2) is 9.58 Å². The van der Waals surface area contributed by atoms with Gasteiger partial charge in [-0.1, -0.05) is 30.0 Å². The number of hydrogen-bond acceptors (Lipinski definition) is 7. The third kappa shape index (κ3) is 3.80. The normalized spacial score (nSPS) is 15.3. The number of rotatable bonds is 5. The molecule has 3 aromatic rings. The van der Waals surface area contributed by atoms with Crippen LogP contribution in [0.3, 0.4) is 0 Å². The standard InChI is InChI=1S/C22H21N5O4S/c1-14-20(21(30)27(25(14)2)16-7-5-4-6-8-16)26-19(29)13-32-22(26)24-23-12-15-9-10-17(28)18(11-15)31-3/h4-12,28H,13H2,1-3H3. The molecule has 1 fully saturated rings. The Hall–Kier alpha value is -3.79. The van der Waals surface area contributed by atoms with Crippen LogP contribution in [0.4, 0.5) is 5.69 Å². The third-order valence-corrected chi connectivity index (χ3v) is 5.98. The van der Waals surface area contributed by atoms with Crippen LogP contribution in [0.15, 0.2) is 63.5 Å². The number of nitrogens with zero attached hydrogens (tertiary/aromatic N) is 5. The number of para-hydroxylation sites is 1. The van der Waals surface area contributed by atoms with Gasteiger partial charge in [-0.05, 0) is 42.8 Å². The quantitative estimate of drug-likeness (QED) is 0.475. The molecule has 1 aliphatic rings. The molecule has 2 heterocycles. The van der Waals surface area contributed by atoms with Crippen molar-refractivity contribution >= 4 is 34.7 Å². The molecule has 0 atom stereocenters. The molecule has 9 nitrogen and oxygen atoms in total. The van der Waals surface area contributed by atoms with Crippen LogP contribution in [0.5, 0.6) is 11.5 Å². The van der Waals surface area contributed by atoms with Gasteiger partial charge in [-0.2, -0.15) is 5.10 Å². The van der Waals surface area contributed by atoms with Crippen LogP contribution in [0.2, 0.25) is 0 Å². The van der Waals surface area contributed by atoms with Crippen LogP contribution in [-0.2, 0) is 11.8 Å². The Morgan fingerprint density at radius 1 is 1.16 bits per heavy atom. The molecule has 1 amide bonds. The highest BCUT2D eigenvalue weighted by atomic mass is 32.2. The summed E-state index contributed by atoms with van der Waals surface area (Å²) in [6.07, 6.45) is 1.48. The second-order valence-corrected chi connectivity index (χ2v) is 7.93. The molecule has 1 N–H and O–H groups in total. The molecule has 0 aliphatic carbocycles. The molecular formula is C22H21N5O4S. The van der Waals surface area contributed by atoms with Gasteiger partial charge in [-0.15, -0.1) is 5.10 Å². The molecule has 1 saturated heterocycles. The van der Waals surface area contributed by atoms with Crippen LogP contribution in [-0.4, -0.2) is 44.6 Å². The van der Waals surface area contributed by atoms with Gasteiger partial charge >= 0.3 is 0 Å². The van der Waals surface area contributed by atoms with Crippen LogP contribution in [0.25, 0.3) is 5.69 Å². The fourth-order valence-corrected chi connectivity index (χ4v) is 4.20. The first-order valence-electron chi connectivity index (χ1n) is 9.70. The van der Waals surface area contributed by atoms with E-state index in [9.17, 15) is 14.7 Å². The van der Waals surface area contributed by atoms with Crippen molar-refractivity contribution < 1.29 is 14.6 Å². The maximum Gasteiger partial charge on any atom is 0.296 e. The number of phenolic OH excluding ortho intramolecular Hbond substituents is 1. The number of benzene rings is 2. The molecular weight excluding hydrogens is 430 g/mol. The first kappa shape index (κ1) is 21.4. The summed E-state index contributed by atoms with van der Waals surface area (Å²) in [4.78, 5) is 27.3. The molecule has 10 heteroatoms. The average molecular weight is 452 g/mol. The van der Waals surface area contributed by atoms with Crippen molar-refractivity contribution in [2.45, 2.75) is 6.92 Å². The summed E-state index contributed by atoms with van der Waals surface area (Å²) in [5.41, 5.74) is 1.94. The summed E-state index contributed by atoms with van der Waals surface area (Å²) in [7, 11) is 3.23. The zero-order valence-corrected chi connectivity index (χ0v) is 18.5. The van der Waals surface area contributed by atoms with E-state index < -0.39 is 0 Å². The number of amidine groups is 1. The maximum absolute atomic E-state index is 13.3. The van der Waals surface area contributed by atoms with E-state index in [4.69, 9.17) is 4.74 Å². The van der Waals surface area contributed by atoms with E-state index in [1.807, 2.05) is 30.3 Å². The Morgan fingerprint density at radius 3 is 2.62 bits per heavy atom. The van der Waals surface area contributed by atoms with Crippen LogP contribution < -0.4 is 15.2 Å². The van der Waals surface area contributed by atoms with Crippen molar-refractivity contribution in [3.63, 3.8) is 0 Å². The van der Waals surface area contributed by atoms with E-state index in [2.05, 4.69) is 10.2 Å². The van der Waals surface area contributed by atoms with Crippen molar-refractivity contribution in [2.24, 2.45) is 17.3 Å². The van der Waals surface area contributed by atoms with E-state index in [0.717, 1.165) is 0 Å². The second kappa shape index (κ2) is 8.75. The van der Waals surface area contributed by atoms with Crippen LogP contribution in [0.1, 0.15) is 11.3 Å². The fraction of sp³-hybridized carbons (Fsp3) is 0.182. The second-order valence-electron chi connectivity index (χ2n) is 6.99. The zero-order valence-electron chi connectivity index (χ0n) is 17.7. The van der Waals surface area contributed by atoms with E-state index in [1.165, 1.54) is 40.7 Å². The van der Waals surface area contributed by atoms with Gasteiger partial charge < -0.3 is 9.84 Å². The molecule has 2 aromatic carbocycles. The first-order chi connectivity index (χ1) is 15.4. The van der Waals surface area contributed by atoms with Gasteiger partial charge in [0.1, 0.15) is 5.69 Å². The number of thioether (sulfide) groups is 1. The van der Waals surface area contributed by atoms with Crippen molar-refractivity contribution in [1.82, 2.24) is 9.36 Å². The van der Waals surface area contributed by atoms with Crippen LogP contribution in [0, 0.1) is 6.92 Å². The molecule has 0 radical (unpaired) electrons. The summed E-state index contributed by atoms with van der Waals surface area (Å²) in [5, 5.41) is 18.3. The summed E-state index contributed by atoms with van der Waals surface area (Å²) < 4.78 is 8.32. The number of aromatic hydroxyl groups is 1. The van der Waals surface area contributed by atoms with E-state index in [-0.39, 0.29) is 28.7 Å². The number of ether oxygens (including phenoxy) is 1. The maximum atomic E-state index is 13.3. The van der Waals surface area contributed by atoms with Crippen molar-refractivity contribution in [1.29, 1.82) is 0 Å². The Morgan fingerprint density at radius 2 is 1.91 bits per heavy atom. The van der Waals surface area contributed by atoms with E-state index in [0.29, 0.717) is 27.9 Å². The molecule has 0 saturated carbocycles. The minimum absolute atomic E-state index is 0.0216. The van der Waals surface area contributed by atoms with E-state index >= 15 is 0 Å². The molecule has 0 spiro atoms. The largest absolute Gasteiger partial charge is 0.504 e. The first-order valence-corrected chi connectivity index (χ1v) is 10.7. The number of methoxy groups -OCH3 is 1. The lowest BCUT2D eigenvalue weighted by molar-refractivity contribution is -0.115. The Kier molecular flexibility index (Phi) is 5.87. The van der Waals surface area contributed by atoms with Crippen molar-refractivity contribution in [2.75, 3.05) is 17.8 Å². The monoisotopic (exact) mass is 451 g/mol. The molecule has 4 rings (SSSR count). The number of anilines is 1. The molecule has 164 valence electrons. The molecule has 32 heavy (non-hydrogen) atoms. The fourth-order valence-electron chi connectivity index (χ4n) is 3.39. The predicted octanol–water partition coefficient (Wildman–Crippen LogP) is 2.67. The minimum Gasteiger partial charge on any atom is -0.504 e. The Bertz CT molecular complexity index is 1290. The third-order valence-electron chi connectivity index (χ3n) is 5.07. The van der Waals surface area contributed by atoms with Crippen molar-refractivity contribution in [3.05, 3.63) is 70.1 Å². The minimum atomic E-state index is -0.313. The predicted molar refractivity (Wildman–Crippen MR) is 125 cm³/mol.